The molecule has 1 N–H and O–H groups in total. The molecule has 0 aliphatic heterocycles. The first-order valence-electron chi connectivity index (χ1n) is 13.6. The molecule has 0 unspecified atom stereocenters. The highest BCUT2D eigenvalue weighted by Crippen LogP contribution is 2.74. The van der Waals surface area contributed by atoms with Crippen LogP contribution in [-0.4, -0.2) is 11.1 Å². The van der Waals surface area contributed by atoms with Crippen LogP contribution in [0.1, 0.15) is 120 Å². The number of fused-ring (bicyclic) bond motifs is 5. The Morgan fingerprint density at radius 2 is 1.69 bits per heavy atom. The second-order valence-corrected chi connectivity index (χ2v) is 14.6. The molecule has 0 radical (unpaired) electrons. The van der Waals surface area contributed by atoms with Crippen LogP contribution < -0.4 is 0 Å². The molecule has 0 bridgehead atoms. The zero-order chi connectivity index (χ0) is 23.7. The highest BCUT2D eigenvalue weighted by molar-refractivity contribution is 5.66. The van der Waals surface area contributed by atoms with Gasteiger partial charge in [-0.1, -0.05) is 67.0 Å². The number of carboxylic acids is 1. The number of aliphatic carboxylic acids is 1. The Bertz CT molecular complexity index is 793. The van der Waals surface area contributed by atoms with Crippen molar-refractivity contribution in [1.29, 1.82) is 0 Å². The summed E-state index contributed by atoms with van der Waals surface area (Å²) in [6.45, 7) is 20.0. The van der Waals surface area contributed by atoms with E-state index in [0.717, 1.165) is 18.8 Å². The third-order valence-corrected chi connectivity index (χ3v) is 12.1. The van der Waals surface area contributed by atoms with Crippen molar-refractivity contribution in [3.63, 3.8) is 0 Å². The van der Waals surface area contributed by atoms with Crippen LogP contribution in [0.4, 0.5) is 0 Å². The molecule has 2 heteroatoms. The Morgan fingerprint density at radius 1 is 1.03 bits per heavy atom. The minimum absolute atomic E-state index is 0.108. The van der Waals surface area contributed by atoms with Crippen LogP contribution in [0.5, 0.6) is 0 Å². The molecule has 4 rings (SSSR count). The summed E-state index contributed by atoms with van der Waals surface area (Å²) in [5, 5.41) is 9.58. The van der Waals surface area contributed by atoms with Gasteiger partial charge in [-0.25, -0.2) is 0 Å². The van der Waals surface area contributed by atoms with Crippen molar-refractivity contribution in [3.05, 3.63) is 11.6 Å². The van der Waals surface area contributed by atoms with Gasteiger partial charge in [0.25, 0.3) is 0 Å². The van der Waals surface area contributed by atoms with Crippen LogP contribution in [0.2, 0.25) is 0 Å². The van der Waals surface area contributed by atoms with Crippen LogP contribution in [0.3, 0.4) is 0 Å². The Hall–Kier alpha value is -0.790. The third kappa shape index (κ3) is 3.44. The van der Waals surface area contributed by atoms with Crippen molar-refractivity contribution >= 4 is 5.97 Å². The number of carboxylic acid groups (broad SMARTS) is 1. The van der Waals surface area contributed by atoms with Gasteiger partial charge in [-0.3, -0.25) is 4.79 Å². The molecule has 0 aromatic rings. The van der Waals surface area contributed by atoms with E-state index in [2.05, 4.69) is 61.5 Å². The first-order valence-corrected chi connectivity index (χ1v) is 13.6. The average Bonchev–Trinajstić information content (AvgIpc) is 2.68. The maximum atomic E-state index is 11.6. The molecule has 182 valence electrons. The Morgan fingerprint density at radius 3 is 2.31 bits per heavy atom. The van der Waals surface area contributed by atoms with E-state index in [1.807, 2.05) is 0 Å². The van der Waals surface area contributed by atoms with Gasteiger partial charge >= 0.3 is 5.97 Å². The van der Waals surface area contributed by atoms with Crippen molar-refractivity contribution in [3.8, 4) is 0 Å². The van der Waals surface area contributed by atoms with Gasteiger partial charge in [0.05, 0.1) is 0 Å². The highest BCUT2D eigenvalue weighted by Gasteiger charge is 2.65. The van der Waals surface area contributed by atoms with E-state index in [9.17, 15) is 9.90 Å². The number of hydrogen-bond donors (Lipinski definition) is 1. The van der Waals surface area contributed by atoms with Gasteiger partial charge in [-0.15, -0.1) is 0 Å². The molecule has 0 saturated heterocycles. The summed E-state index contributed by atoms with van der Waals surface area (Å²) < 4.78 is 0. The maximum absolute atomic E-state index is 11.6. The number of rotatable bonds is 4. The normalized spacial score (nSPS) is 47.8. The van der Waals surface area contributed by atoms with Crippen LogP contribution in [0.15, 0.2) is 11.6 Å². The molecule has 32 heavy (non-hydrogen) atoms. The van der Waals surface area contributed by atoms with E-state index in [1.165, 1.54) is 44.9 Å². The molecule has 7 atom stereocenters. The molecule has 3 fully saturated rings. The summed E-state index contributed by atoms with van der Waals surface area (Å²) in [6.07, 6.45) is 14.4. The van der Waals surface area contributed by atoms with Crippen LogP contribution >= 0.6 is 0 Å². The van der Waals surface area contributed by atoms with Gasteiger partial charge in [0.15, 0.2) is 0 Å². The minimum atomic E-state index is -0.628. The van der Waals surface area contributed by atoms with Gasteiger partial charge in [0.2, 0.25) is 0 Å². The lowest BCUT2D eigenvalue weighted by Gasteiger charge is -2.69. The molecular weight excluding hydrogens is 392 g/mol. The van der Waals surface area contributed by atoms with Gasteiger partial charge in [0, 0.05) is 6.42 Å². The quantitative estimate of drug-likeness (QED) is 0.443. The average molecular weight is 443 g/mol. The SMILES string of the molecule is CC(C)[C@@H]1CC[C@]2(C)[C@H](CC=C3[C@@H]4CC(C)(C)CC[C@]4(C)CC[C@]32C)[C@@]1(C)CCC(=O)O. The molecule has 2 nitrogen and oxygen atoms in total. The van der Waals surface area contributed by atoms with Crippen LogP contribution in [-0.2, 0) is 4.79 Å². The Labute approximate surface area is 198 Å². The molecule has 0 aromatic heterocycles. The van der Waals surface area contributed by atoms with Gasteiger partial charge in [-0.05, 0) is 109 Å². The van der Waals surface area contributed by atoms with Crippen molar-refractivity contribution in [2.75, 3.05) is 0 Å². The first kappa shape index (κ1) is 24.3. The summed E-state index contributed by atoms with van der Waals surface area (Å²) in [5.41, 5.74) is 3.38. The van der Waals surface area contributed by atoms with E-state index in [4.69, 9.17) is 0 Å². The smallest absolute Gasteiger partial charge is 0.303 e. The number of carbonyl (C=O) groups is 1. The molecule has 0 amide bonds. The van der Waals surface area contributed by atoms with Gasteiger partial charge < -0.3 is 5.11 Å². The summed E-state index contributed by atoms with van der Waals surface area (Å²) in [4.78, 5) is 11.6. The van der Waals surface area contributed by atoms with Crippen molar-refractivity contribution in [2.45, 2.75) is 120 Å². The molecule has 0 spiro atoms. The lowest BCUT2D eigenvalue weighted by Crippen LogP contribution is -2.61. The van der Waals surface area contributed by atoms with Crippen molar-refractivity contribution in [1.82, 2.24) is 0 Å². The predicted octanol–water partition coefficient (Wildman–Crippen LogP) is 8.51. The van der Waals surface area contributed by atoms with Gasteiger partial charge in [0.1, 0.15) is 0 Å². The summed E-state index contributed by atoms with van der Waals surface area (Å²) in [7, 11) is 0. The molecule has 0 heterocycles. The number of allylic oxidation sites excluding steroid dienone is 2. The monoisotopic (exact) mass is 442 g/mol. The summed E-state index contributed by atoms with van der Waals surface area (Å²) in [6, 6.07) is 0. The highest BCUT2D eigenvalue weighted by atomic mass is 16.4. The molecule has 3 saturated carbocycles. The summed E-state index contributed by atoms with van der Waals surface area (Å²) in [5.74, 6) is 1.93. The topological polar surface area (TPSA) is 37.3 Å². The van der Waals surface area contributed by atoms with Crippen molar-refractivity contribution in [2.24, 2.45) is 50.7 Å². The fraction of sp³-hybridized carbons (Fsp3) is 0.900. The first-order chi connectivity index (χ1) is 14.7. The molecule has 0 aromatic carbocycles. The minimum Gasteiger partial charge on any atom is -0.481 e. The fourth-order valence-electron chi connectivity index (χ4n) is 9.74. The lowest BCUT2D eigenvalue weighted by molar-refractivity contribution is -0.158. The molecular formula is C30H50O2. The summed E-state index contributed by atoms with van der Waals surface area (Å²) >= 11 is 0. The Balaban J connectivity index is 1.77. The van der Waals surface area contributed by atoms with Gasteiger partial charge in [-0.2, -0.15) is 0 Å². The Kier molecular flexibility index (Phi) is 5.79. The van der Waals surface area contributed by atoms with E-state index in [0.29, 0.717) is 35.0 Å². The second-order valence-electron chi connectivity index (χ2n) is 14.6. The zero-order valence-electron chi connectivity index (χ0n) is 22.3. The maximum Gasteiger partial charge on any atom is 0.303 e. The largest absolute Gasteiger partial charge is 0.481 e. The standard InChI is InChI=1S/C30H50O2/c1-20(2)21-11-14-30(8)24(28(21,6)13-12-25(31)32)10-9-22-23-19-26(3,4)15-16-27(23,5)17-18-29(22,30)7/h9,20-21,23-24H,10-19H2,1-8H3,(H,31,32)/t21-,23-,24+,27+,28-,29+,30+/m0/s1. The zero-order valence-corrected chi connectivity index (χ0v) is 22.3. The predicted molar refractivity (Wildman–Crippen MR) is 133 cm³/mol. The fourth-order valence-corrected chi connectivity index (χ4v) is 9.74. The lowest BCUT2D eigenvalue weighted by atomic mass is 9.35. The van der Waals surface area contributed by atoms with Crippen molar-refractivity contribution < 1.29 is 9.90 Å². The van der Waals surface area contributed by atoms with E-state index in [-0.39, 0.29) is 16.2 Å². The molecule has 4 aliphatic carbocycles. The molecule has 4 aliphatic rings. The van der Waals surface area contributed by atoms with E-state index in [1.54, 1.807) is 5.57 Å². The van der Waals surface area contributed by atoms with Crippen LogP contribution in [0, 0.1) is 50.7 Å². The second kappa shape index (κ2) is 7.61. The van der Waals surface area contributed by atoms with Crippen LogP contribution in [0.25, 0.3) is 0 Å². The third-order valence-electron chi connectivity index (χ3n) is 12.1. The van der Waals surface area contributed by atoms with E-state index >= 15 is 0 Å². The van der Waals surface area contributed by atoms with E-state index < -0.39 is 5.97 Å². The number of hydrogen-bond acceptors (Lipinski definition) is 1.